The van der Waals surface area contributed by atoms with Crippen LogP contribution in [0.5, 0.6) is 17.2 Å². The van der Waals surface area contributed by atoms with E-state index in [-0.39, 0.29) is 17.9 Å². The van der Waals surface area contributed by atoms with E-state index >= 15 is 0 Å². The highest BCUT2D eigenvalue weighted by Gasteiger charge is 2.23. The predicted molar refractivity (Wildman–Crippen MR) is 117 cm³/mol. The Balaban J connectivity index is 1.93. The molecule has 2 aromatic carbocycles. The van der Waals surface area contributed by atoms with Gasteiger partial charge in [0.05, 0.1) is 12.1 Å². The van der Waals surface area contributed by atoms with Gasteiger partial charge in [-0.15, -0.1) is 0 Å². The molecular formula is C22H28ClN3O4. The van der Waals surface area contributed by atoms with Crippen molar-refractivity contribution in [3.05, 3.63) is 53.1 Å². The van der Waals surface area contributed by atoms with Gasteiger partial charge in [-0.3, -0.25) is 4.79 Å². The summed E-state index contributed by atoms with van der Waals surface area (Å²) in [5.41, 5.74) is 0.900. The van der Waals surface area contributed by atoms with Crippen molar-refractivity contribution in [3.8, 4) is 17.2 Å². The Morgan fingerprint density at radius 3 is 2.27 bits per heavy atom. The topological polar surface area (TPSA) is 88.7 Å². The Bertz CT molecular complexity index is 856. The number of nitrogens with one attached hydrogen (secondary N) is 3. The van der Waals surface area contributed by atoms with Crippen LogP contribution in [0.2, 0.25) is 5.02 Å². The van der Waals surface area contributed by atoms with Crippen LogP contribution in [0.25, 0.3) is 0 Å². The first-order chi connectivity index (χ1) is 14.3. The van der Waals surface area contributed by atoms with E-state index in [1.54, 1.807) is 37.4 Å². The Labute approximate surface area is 182 Å². The smallest absolute Gasteiger partial charge is 0.315 e. The maximum absolute atomic E-state index is 12.5. The average Bonchev–Trinajstić information content (AvgIpc) is 2.72. The van der Waals surface area contributed by atoms with Crippen LogP contribution in [0.15, 0.2) is 42.5 Å². The van der Waals surface area contributed by atoms with Crippen molar-refractivity contribution in [2.45, 2.75) is 33.4 Å². The Morgan fingerprint density at radius 1 is 1.03 bits per heavy atom. The van der Waals surface area contributed by atoms with Crippen LogP contribution in [0.4, 0.5) is 4.79 Å². The first-order valence-corrected chi connectivity index (χ1v) is 10.1. The fourth-order valence-electron chi connectivity index (χ4n) is 2.68. The molecule has 1 unspecified atom stereocenters. The molecule has 30 heavy (non-hydrogen) atoms. The highest BCUT2D eigenvalue weighted by atomic mass is 35.5. The highest BCUT2D eigenvalue weighted by molar-refractivity contribution is 6.32. The number of benzene rings is 2. The number of rotatable bonds is 9. The Morgan fingerprint density at radius 2 is 1.70 bits per heavy atom. The number of urea groups is 1. The lowest BCUT2D eigenvalue weighted by atomic mass is 10.0. The summed E-state index contributed by atoms with van der Waals surface area (Å²) in [6.45, 7) is 6.41. The van der Waals surface area contributed by atoms with E-state index in [0.29, 0.717) is 35.4 Å². The minimum Gasteiger partial charge on any atom is -0.497 e. The summed E-state index contributed by atoms with van der Waals surface area (Å²) >= 11 is 6.20. The minimum absolute atomic E-state index is 0.0439. The van der Waals surface area contributed by atoms with Crippen LogP contribution in [-0.4, -0.2) is 31.6 Å². The van der Waals surface area contributed by atoms with Crippen molar-refractivity contribution >= 4 is 23.5 Å². The molecule has 8 heteroatoms. The van der Waals surface area contributed by atoms with Gasteiger partial charge in [-0.2, -0.15) is 0 Å². The monoisotopic (exact) mass is 433 g/mol. The molecule has 0 fully saturated rings. The number of hydrogen-bond donors (Lipinski definition) is 3. The molecule has 0 bridgehead atoms. The molecule has 0 heterocycles. The maximum atomic E-state index is 12.5. The zero-order valence-corrected chi connectivity index (χ0v) is 18.4. The second-order valence-electron chi connectivity index (χ2n) is 6.99. The number of ether oxygens (including phenoxy) is 2. The summed E-state index contributed by atoms with van der Waals surface area (Å²) in [6, 6.07) is 11.5. The number of hydrogen-bond acceptors (Lipinski definition) is 4. The molecule has 1 atom stereocenters. The normalized spacial score (nSPS) is 11.5. The van der Waals surface area contributed by atoms with Crippen LogP contribution in [0, 0.1) is 5.92 Å². The molecule has 0 aliphatic heterocycles. The quantitative estimate of drug-likeness (QED) is 0.555. The van der Waals surface area contributed by atoms with Gasteiger partial charge in [0.2, 0.25) is 5.91 Å². The molecule has 162 valence electrons. The van der Waals surface area contributed by atoms with Crippen LogP contribution >= 0.6 is 11.6 Å². The van der Waals surface area contributed by atoms with Gasteiger partial charge in [-0.25, -0.2) is 4.79 Å². The molecule has 0 aliphatic carbocycles. The van der Waals surface area contributed by atoms with Crippen LogP contribution in [-0.2, 0) is 11.3 Å². The second kappa shape index (κ2) is 11.3. The van der Waals surface area contributed by atoms with E-state index in [1.165, 1.54) is 0 Å². The molecule has 2 aromatic rings. The van der Waals surface area contributed by atoms with Gasteiger partial charge in [0.15, 0.2) is 0 Å². The van der Waals surface area contributed by atoms with Gasteiger partial charge in [-0.05, 0) is 42.7 Å². The van der Waals surface area contributed by atoms with Crippen LogP contribution in [0.1, 0.15) is 26.3 Å². The fraction of sp³-hybridized carbons (Fsp3) is 0.364. The molecule has 0 aliphatic rings. The van der Waals surface area contributed by atoms with Gasteiger partial charge in [0.25, 0.3) is 0 Å². The first-order valence-electron chi connectivity index (χ1n) is 9.76. The summed E-state index contributed by atoms with van der Waals surface area (Å²) in [7, 11) is 1.57. The third-order valence-electron chi connectivity index (χ3n) is 4.33. The van der Waals surface area contributed by atoms with Gasteiger partial charge < -0.3 is 25.4 Å². The van der Waals surface area contributed by atoms with E-state index in [1.807, 2.05) is 32.9 Å². The third kappa shape index (κ3) is 6.84. The SMILES string of the molecule is CCNC(=O)NC(C(=O)NCc1ccc(Oc2ccc(OC)cc2Cl)cc1)C(C)C. The highest BCUT2D eigenvalue weighted by Crippen LogP contribution is 2.32. The van der Waals surface area contributed by atoms with E-state index < -0.39 is 6.04 Å². The molecule has 0 radical (unpaired) electrons. The van der Waals surface area contributed by atoms with Crippen LogP contribution in [0.3, 0.4) is 0 Å². The van der Waals surface area contributed by atoms with Crippen molar-refractivity contribution in [1.29, 1.82) is 0 Å². The summed E-state index contributed by atoms with van der Waals surface area (Å²) in [4.78, 5) is 24.2. The molecule has 0 saturated heterocycles. The molecule has 0 spiro atoms. The zero-order chi connectivity index (χ0) is 22.1. The van der Waals surface area contributed by atoms with Gasteiger partial charge in [0.1, 0.15) is 23.3 Å². The number of halogens is 1. The largest absolute Gasteiger partial charge is 0.497 e. The molecule has 0 aromatic heterocycles. The maximum Gasteiger partial charge on any atom is 0.315 e. The summed E-state index contributed by atoms with van der Waals surface area (Å²) in [6.07, 6.45) is 0. The first kappa shape index (κ1) is 23.3. The van der Waals surface area contributed by atoms with Gasteiger partial charge in [0, 0.05) is 19.2 Å². The minimum atomic E-state index is -0.614. The van der Waals surface area contributed by atoms with Crippen molar-refractivity contribution in [2.75, 3.05) is 13.7 Å². The molecule has 2 rings (SSSR count). The Kier molecular flexibility index (Phi) is 8.80. The summed E-state index contributed by atoms with van der Waals surface area (Å²) in [5, 5.41) is 8.65. The lowest BCUT2D eigenvalue weighted by Crippen LogP contribution is -2.52. The number of methoxy groups -OCH3 is 1. The third-order valence-corrected chi connectivity index (χ3v) is 4.63. The van der Waals surface area contributed by atoms with E-state index in [0.717, 1.165) is 5.56 Å². The van der Waals surface area contributed by atoms with Gasteiger partial charge >= 0.3 is 6.03 Å². The lowest BCUT2D eigenvalue weighted by molar-refractivity contribution is -0.124. The van der Waals surface area contributed by atoms with Crippen molar-refractivity contribution in [2.24, 2.45) is 5.92 Å². The molecule has 3 amide bonds. The number of carbonyl (C=O) groups excluding carboxylic acids is 2. The van der Waals surface area contributed by atoms with E-state index in [4.69, 9.17) is 21.1 Å². The molecule has 0 saturated carbocycles. The second-order valence-corrected chi connectivity index (χ2v) is 7.39. The summed E-state index contributed by atoms with van der Waals surface area (Å²) in [5.74, 6) is 1.52. The average molecular weight is 434 g/mol. The number of amides is 3. The molecule has 3 N–H and O–H groups in total. The molecule has 7 nitrogen and oxygen atoms in total. The molecular weight excluding hydrogens is 406 g/mol. The Hall–Kier alpha value is -2.93. The van der Waals surface area contributed by atoms with Crippen LogP contribution < -0.4 is 25.4 Å². The number of carbonyl (C=O) groups is 2. The van der Waals surface area contributed by atoms with Crippen molar-refractivity contribution in [1.82, 2.24) is 16.0 Å². The zero-order valence-electron chi connectivity index (χ0n) is 17.6. The predicted octanol–water partition coefficient (Wildman–Crippen LogP) is 4.10. The van der Waals surface area contributed by atoms with Crippen molar-refractivity contribution in [3.63, 3.8) is 0 Å². The van der Waals surface area contributed by atoms with Gasteiger partial charge in [-0.1, -0.05) is 37.6 Å². The fourth-order valence-corrected chi connectivity index (χ4v) is 2.89. The summed E-state index contributed by atoms with van der Waals surface area (Å²) < 4.78 is 10.9. The van der Waals surface area contributed by atoms with E-state index in [2.05, 4.69) is 16.0 Å². The standard InChI is InChI=1S/C22H28ClN3O4/c1-5-24-22(28)26-20(14(2)3)21(27)25-13-15-6-8-16(9-7-15)30-19-11-10-17(29-4)12-18(19)23/h6-12,14,20H,5,13H2,1-4H3,(H,25,27)(H2,24,26,28). The van der Waals surface area contributed by atoms with E-state index in [9.17, 15) is 9.59 Å². The van der Waals surface area contributed by atoms with Crippen molar-refractivity contribution < 1.29 is 19.1 Å². The lowest BCUT2D eigenvalue weighted by Gasteiger charge is -2.21.